The summed E-state index contributed by atoms with van der Waals surface area (Å²) in [6.45, 7) is -1.52. The number of hydrogen-bond acceptors (Lipinski definition) is 5. The molecule has 1 amide bonds. The number of nitrogens with zero attached hydrogens (tertiary/aromatic N) is 3. The molecule has 2 saturated heterocycles. The molecule has 0 aliphatic carbocycles. The van der Waals surface area contributed by atoms with E-state index in [1.54, 1.807) is 4.90 Å². The zero-order chi connectivity index (χ0) is 32.0. The quantitative estimate of drug-likeness (QED) is 0.302. The Morgan fingerprint density at radius 3 is 1.79 bits per heavy atom. The second-order valence-corrected chi connectivity index (χ2v) is 9.37. The summed E-state index contributed by atoms with van der Waals surface area (Å²) in [5, 5.41) is 24.8. The molecule has 42 heavy (non-hydrogen) atoms. The van der Waals surface area contributed by atoms with Gasteiger partial charge in [-0.05, 0) is 30.5 Å². The maximum atomic E-state index is 13.5. The highest BCUT2D eigenvalue weighted by Crippen LogP contribution is 2.44. The lowest BCUT2D eigenvalue weighted by Crippen LogP contribution is -2.62. The standard InChI is InChI=1S/C20H22F9N3O2.C4H4O4/c21-18(22,23)13-4-3-12(14(9-13)30-5-1-2-6-30)10-31-7-8-32(17(33)34)11-15(31)16(19(24,25)26)20(27,28)29;5-3(6)1-2-4(7)8/h3-4,9,15-16H,1-2,5-8,10-11H2,(H,33,34);1-2H,(H,5,6)(H,7,8)/b;2-1+. The maximum Gasteiger partial charge on any atom is 0.416 e. The van der Waals surface area contributed by atoms with Crippen molar-refractivity contribution in [2.75, 3.05) is 37.6 Å². The molecular formula is C24H26F9N3O6. The minimum atomic E-state index is -5.71. The van der Waals surface area contributed by atoms with Crippen LogP contribution in [0.2, 0.25) is 0 Å². The number of hydrogen-bond donors (Lipinski definition) is 3. The molecule has 0 bridgehead atoms. The molecule has 2 fully saturated rings. The fourth-order valence-electron chi connectivity index (χ4n) is 4.64. The maximum absolute atomic E-state index is 13.5. The lowest BCUT2D eigenvalue weighted by atomic mass is 9.93. The number of carboxylic acid groups (broad SMARTS) is 3. The van der Waals surface area contributed by atoms with E-state index < -0.39 is 73.7 Å². The number of rotatable bonds is 6. The van der Waals surface area contributed by atoms with Crippen LogP contribution in [0.4, 0.5) is 50.0 Å². The lowest BCUT2D eigenvalue weighted by Gasteiger charge is -2.45. The van der Waals surface area contributed by atoms with Gasteiger partial charge in [0, 0.05) is 63.1 Å². The predicted octanol–water partition coefficient (Wildman–Crippen LogP) is 4.92. The summed E-state index contributed by atoms with van der Waals surface area (Å²) in [4.78, 5) is 33.4. The van der Waals surface area contributed by atoms with Gasteiger partial charge in [-0.25, -0.2) is 14.4 Å². The molecule has 2 heterocycles. The molecule has 18 heteroatoms. The van der Waals surface area contributed by atoms with Gasteiger partial charge in [0.15, 0.2) is 5.92 Å². The van der Waals surface area contributed by atoms with Crippen LogP contribution in [0.1, 0.15) is 24.0 Å². The summed E-state index contributed by atoms with van der Waals surface area (Å²) in [6.07, 6.45) is -15.3. The number of anilines is 1. The smallest absolute Gasteiger partial charge is 0.416 e. The number of carbonyl (C=O) groups is 3. The first-order chi connectivity index (χ1) is 19.2. The average Bonchev–Trinajstić information content (AvgIpc) is 3.36. The van der Waals surface area contributed by atoms with Crippen LogP contribution in [0, 0.1) is 5.92 Å². The van der Waals surface area contributed by atoms with Crippen molar-refractivity contribution in [1.29, 1.82) is 0 Å². The highest BCUT2D eigenvalue weighted by Gasteiger charge is 2.62. The number of halogens is 9. The number of alkyl halides is 9. The van der Waals surface area contributed by atoms with E-state index in [1.807, 2.05) is 0 Å². The van der Waals surface area contributed by atoms with E-state index in [0.717, 1.165) is 23.1 Å². The van der Waals surface area contributed by atoms with Gasteiger partial charge in [0.25, 0.3) is 0 Å². The Morgan fingerprint density at radius 1 is 0.833 bits per heavy atom. The van der Waals surface area contributed by atoms with Gasteiger partial charge in [-0.15, -0.1) is 0 Å². The molecule has 3 N–H and O–H groups in total. The van der Waals surface area contributed by atoms with Crippen LogP contribution < -0.4 is 4.90 Å². The first-order valence-electron chi connectivity index (χ1n) is 12.2. The van der Waals surface area contributed by atoms with Crippen molar-refractivity contribution in [3.8, 4) is 0 Å². The molecule has 0 radical (unpaired) electrons. The van der Waals surface area contributed by atoms with Crippen LogP contribution in [-0.4, -0.2) is 94.3 Å². The SMILES string of the molecule is O=C(O)/C=C/C(=O)O.O=C(O)N1CCN(Cc2ccc(C(F)(F)F)cc2N2CCCC2)C(C(C(F)(F)F)C(F)(F)F)C1. The molecule has 1 unspecified atom stereocenters. The van der Waals surface area contributed by atoms with Gasteiger partial charge >= 0.3 is 36.6 Å². The number of benzene rings is 1. The van der Waals surface area contributed by atoms with Gasteiger partial charge in [-0.1, -0.05) is 6.07 Å². The van der Waals surface area contributed by atoms with Crippen molar-refractivity contribution in [3.63, 3.8) is 0 Å². The van der Waals surface area contributed by atoms with Crippen LogP contribution in [0.25, 0.3) is 0 Å². The number of aliphatic carboxylic acids is 2. The van der Waals surface area contributed by atoms with Gasteiger partial charge in [0.1, 0.15) is 0 Å². The van der Waals surface area contributed by atoms with Crippen molar-refractivity contribution < 1.29 is 69.2 Å². The third-order valence-electron chi connectivity index (χ3n) is 6.50. The summed E-state index contributed by atoms with van der Waals surface area (Å²) in [7, 11) is 0. The molecule has 236 valence electrons. The Kier molecular flexibility index (Phi) is 11.1. The normalized spacial score (nSPS) is 18.8. The summed E-state index contributed by atoms with van der Waals surface area (Å²) in [5.41, 5.74) is -0.733. The van der Waals surface area contributed by atoms with Gasteiger partial charge < -0.3 is 25.1 Å². The third-order valence-corrected chi connectivity index (χ3v) is 6.50. The van der Waals surface area contributed by atoms with E-state index >= 15 is 0 Å². The fraction of sp³-hybridized carbons (Fsp3) is 0.542. The first kappa shape index (κ1) is 34.5. The Hall–Kier alpha value is -3.70. The molecule has 2 aliphatic rings. The molecule has 2 aliphatic heterocycles. The minimum absolute atomic E-state index is 0.0994. The second kappa shape index (κ2) is 13.5. The van der Waals surface area contributed by atoms with Crippen molar-refractivity contribution in [2.45, 2.75) is 44.0 Å². The molecule has 0 spiro atoms. The van der Waals surface area contributed by atoms with Gasteiger partial charge in [0.2, 0.25) is 0 Å². The molecule has 1 atom stereocenters. The Morgan fingerprint density at radius 2 is 1.36 bits per heavy atom. The van der Waals surface area contributed by atoms with Crippen LogP contribution >= 0.6 is 0 Å². The number of carboxylic acids is 2. The van der Waals surface area contributed by atoms with Gasteiger partial charge in [-0.3, -0.25) is 4.90 Å². The van der Waals surface area contributed by atoms with Crippen molar-refractivity contribution >= 4 is 23.7 Å². The predicted molar refractivity (Wildman–Crippen MR) is 127 cm³/mol. The van der Waals surface area contributed by atoms with E-state index in [1.165, 1.54) is 0 Å². The van der Waals surface area contributed by atoms with E-state index in [2.05, 4.69) is 0 Å². The van der Waals surface area contributed by atoms with Crippen molar-refractivity contribution in [1.82, 2.24) is 9.80 Å². The molecule has 1 aromatic carbocycles. The zero-order valence-corrected chi connectivity index (χ0v) is 21.5. The van der Waals surface area contributed by atoms with Crippen LogP contribution in [0.3, 0.4) is 0 Å². The molecule has 3 rings (SSSR count). The Labute approximate surface area is 232 Å². The van der Waals surface area contributed by atoms with E-state index in [0.29, 0.717) is 43.0 Å². The fourth-order valence-corrected chi connectivity index (χ4v) is 4.64. The molecule has 9 nitrogen and oxygen atoms in total. The van der Waals surface area contributed by atoms with E-state index in [-0.39, 0.29) is 17.8 Å². The molecule has 0 saturated carbocycles. The number of amides is 1. The lowest BCUT2D eigenvalue weighted by molar-refractivity contribution is -0.302. The molecule has 0 aromatic heterocycles. The molecule has 1 aromatic rings. The van der Waals surface area contributed by atoms with Crippen molar-refractivity contribution in [3.05, 3.63) is 41.5 Å². The second-order valence-electron chi connectivity index (χ2n) is 9.37. The Balaban J connectivity index is 0.000000675. The van der Waals surface area contributed by atoms with Crippen LogP contribution in [0.15, 0.2) is 30.4 Å². The van der Waals surface area contributed by atoms with Gasteiger partial charge in [0.05, 0.1) is 5.56 Å². The Bertz CT molecular complexity index is 1120. The number of piperazine rings is 1. The summed E-state index contributed by atoms with van der Waals surface area (Å²) >= 11 is 0. The first-order valence-corrected chi connectivity index (χ1v) is 12.2. The average molecular weight is 623 g/mol. The monoisotopic (exact) mass is 623 g/mol. The van der Waals surface area contributed by atoms with E-state index in [4.69, 9.17) is 15.3 Å². The largest absolute Gasteiger partial charge is 0.478 e. The third kappa shape index (κ3) is 9.70. The highest BCUT2D eigenvalue weighted by molar-refractivity contribution is 5.89. The van der Waals surface area contributed by atoms with E-state index in [9.17, 15) is 53.9 Å². The summed E-state index contributed by atoms with van der Waals surface area (Å²) in [6, 6.07) is 0.364. The van der Waals surface area contributed by atoms with Crippen molar-refractivity contribution in [2.24, 2.45) is 5.92 Å². The molecular weight excluding hydrogens is 597 g/mol. The topological polar surface area (TPSA) is 122 Å². The van der Waals surface area contributed by atoms with Crippen LogP contribution in [-0.2, 0) is 22.3 Å². The van der Waals surface area contributed by atoms with Crippen LogP contribution in [0.5, 0.6) is 0 Å². The summed E-state index contributed by atoms with van der Waals surface area (Å²) < 4.78 is 121. The van der Waals surface area contributed by atoms with Gasteiger partial charge in [-0.2, -0.15) is 39.5 Å². The minimum Gasteiger partial charge on any atom is -0.478 e. The summed E-state index contributed by atoms with van der Waals surface area (Å²) in [5.74, 6) is -6.34. The zero-order valence-electron chi connectivity index (χ0n) is 21.5. The highest BCUT2D eigenvalue weighted by atomic mass is 19.4.